The van der Waals surface area contributed by atoms with Crippen molar-refractivity contribution in [1.82, 2.24) is 10.6 Å². The van der Waals surface area contributed by atoms with Crippen molar-refractivity contribution in [1.29, 1.82) is 0 Å². The van der Waals surface area contributed by atoms with Gasteiger partial charge in [-0.2, -0.15) is 0 Å². The van der Waals surface area contributed by atoms with Gasteiger partial charge in [-0.05, 0) is 37.8 Å². The zero-order valence-corrected chi connectivity index (χ0v) is 7.51. The zero-order chi connectivity index (χ0) is 8.18. The Labute approximate surface area is 73.4 Å². The van der Waals surface area contributed by atoms with Crippen LogP contribution in [0.25, 0.3) is 0 Å². The van der Waals surface area contributed by atoms with Gasteiger partial charge in [0.1, 0.15) is 0 Å². The average molecular weight is 164 g/mol. The fraction of sp³-hybridized carbons (Fsp3) is 0.800. The fourth-order valence-electron chi connectivity index (χ4n) is 3.47. The number of nitrogens with one attached hydrogen (secondary N) is 2. The molecule has 1 heterocycles. The topological polar surface area (TPSA) is 24.1 Å². The van der Waals surface area contributed by atoms with E-state index >= 15 is 0 Å². The molecule has 3 rings (SSSR count). The van der Waals surface area contributed by atoms with E-state index in [1.165, 1.54) is 19.5 Å². The number of rotatable bonds is 1. The lowest BCUT2D eigenvalue weighted by molar-refractivity contribution is 0.314. The molecule has 1 saturated carbocycles. The Morgan fingerprint density at radius 3 is 3.25 bits per heavy atom. The van der Waals surface area contributed by atoms with Crippen molar-refractivity contribution in [2.75, 3.05) is 20.1 Å². The van der Waals surface area contributed by atoms with Crippen molar-refractivity contribution in [2.45, 2.75) is 12.0 Å². The van der Waals surface area contributed by atoms with Gasteiger partial charge in [-0.3, -0.25) is 0 Å². The van der Waals surface area contributed by atoms with Crippen LogP contribution in [0.1, 0.15) is 6.42 Å². The summed E-state index contributed by atoms with van der Waals surface area (Å²) in [5, 5.41) is 7.02. The van der Waals surface area contributed by atoms with Crippen molar-refractivity contribution >= 4 is 0 Å². The minimum Gasteiger partial charge on any atom is -0.316 e. The molecule has 4 atom stereocenters. The smallest absolute Gasteiger partial charge is 0.0411 e. The van der Waals surface area contributed by atoms with Gasteiger partial charge < -0.3 is 10.6 Å². The second-order valence-corrected chi connectivity index (χ2v) is 4.45. The van der Waals surface area contributed by atoms with E-state index in [1.807, 2.05) is 0 Å². The van der Waals surface area contributed by atoms with Crippen LogP contribution in [0.5, 0.6) is 0 Å². The first-order valence-corrected chi connectivity index (χ1v) is 4.95. The summed E-state index contributed by atoms with van der Waals surface area (Å²) in [5.41, 5.74) is 0.360. The lowest BCUT2D eigenvalue weighted by Gasteiger charge is -2.31. The SMILES string of the molecule is CNC12C=CC(C1)C1CNCC12. The Morgan fingerprint density at radius 2 is 2.42 bits per heavy atom. The quantitative estimate of drug-likeness (QED) is 0.547. The highest BCUT2D eigenvalue weighted by Crippen LogP contribution is 2.51. The molecule has 1 aliphatic heterocycles. The van der Waals surface area contributed by atoms with E-state index in [1.54, 1.807) is 0 Å². The van der Waals surface area contributed by atoms with Crippen LogP contribution in [0.15, 0.2) is 12.2 Å². The van der Waals surface area contributed by atoms with E-state index in [2.05, 4.69) is 29.8 Å². The highest BCUT2D eigenvalue weighted by atomic mass is 15.0. The summed E-state index contributed by atoms with van der Waals surface area (Å²) < 4.78 is 0. The molecular weight excluding hydrogens is 148 g/mol. The molecule has 12 heavy (non-hydrogen) atoms. The Kier molecular flexibility index (Phi) is 1.25. The molecule has 0 amide bonds. The summed E-state index contributed by atoms with van der Waals surface area (Å²) in [6.45, 7) is 2.45. The number of allylic oxidation sites excluding steroid dienone is 1. The van der Waals surface area contributed by atoms with E-state index in [0.29, 0.717) is 5.54 Å². The molecule has 0 spiro atoms. The lowest BCUT2D eigenvalue weighted by atomic mass is 9.82. The summed E-state index contributed by atoms with van der Waals surface area (Å²) in [6.07, 6.45) is 6.18. The third kappa shape index (κ3) is 0.639. The van der Waals surface area contributed by atoms with Crippen molar-refractivity contribution in [2.24, 2.45) is 17.8 Å². The van der Waals surface area contributed by atoms with E-state index in [0.717, 1.165) is 17.8 Å². The molecule has 2 N–H and O–H groups in total. The monoisotopic (exact) mass is 164 g/mol. The van der Waals surface area contributed by atoms with Gasteiger partial charge in [0.2, 0.25) is 0 Å². The first-order valence-electron chi connectivity index (χ1n) is 4.95. The molecule has 4 unspecified atom stereocenters. The van der Waals surface area contributed by atoms with Crippen molar-refractivity contribution < 1.29 is 0 Å². The second-order valence-electron chi connectivity index (χ2n) is 4.45. The second kappa shape index (κ2) is 2.12. The van der Waals surface area contributed by atoms with Crippen LogP contribution in [0.3, 0.4) is 0 Å². The molecule has 3 aliphatic rings. The van der Waals surface area contributed by atoms with Crippen LogP contribution in [0.4, 0.5) is 0 Å². The van der Waals surface area contributed by atoms with E-state index in [9.17, 15) is 0 Å². The molecule has 2 bridgehead atoms. The Balaban J connectivity index is 2.00. The van der Waals surface area contributed by atoms with Gasteiger partial charge >= 0.3 is 0 Å². The van der Waals surface area contributed by atoms with E-state index < -0.39 is 0 Å². The Bertz CT molecular complexity index is 236. The summed E-state index contributed by atoms with van der Waals surface area (Å²) in [5.74, 6) is 2.64. The van der Waals surface area contributed by atoms with E-state index in [-0.39, 0.29) is 0 Å². The normalized spacial score (nSPS) is 54.9. The maximum atomic E-state index is 3.51. The number of hydrogen-bond acceptors (Lipinski definition) is 2. The molecule has 2 nitrogen and oxygen atoms in total. The predicted octanol–water partition coefficient (Wildman–Crippen LogP) is 0.370. The van der Waals surface area contributed by atoms with Crippen LogP contribution in [-0.2, 0) is 0 Å². The Morgan fingerprint density at radius 1 is 1.50 bits per heavy atom. The largest absolute Gasteiger partial charge is 0.316 e. The van der Waals surface area contributed by atoms with Gasteiger partial charge in [-0.15, -0.1) is 0 Å². The van der Waals surface area contributed by atoms with Gasteiger partial charge in [0.15, 0.2) is 0 Å². The minimum atomic E-state index is 0.360. The fourth-order valence-corrected chi connectivity index (χ4v) is 3.47. The minimum absolute atomic E-state index is 0.360. The first kappa shape index (κ1) is 7.10. The number of likely N-dealkylation sites (N-methyl/N-ethyl adjacent to an activating group) is 1. The molecule has 0 aromatic heterocycles. The van der Waals surface area contributed by atoms with Crippen LogP contribution < -0.4 is 10.6 Å². The van der Waals surface area contributed by atoms with Crippen molar-refractivity contribution in [3.05, 3.63) is 12.2 Å². The van der Waals surface area contributed by atoms with Gasteiger partial charge in [0.05, 0.1) is 0 Å². The average Bonchev–Trinajstić information content (AvgIpc) is 2.76. The molecule has 0 aromatic carbocycles. The molecular formula is C10H16N2. The molecule has 2 heteroatoms. The molecule has 1 saturated heterocycles. The third-order valence-corrected chi connectivity index (χ3v) is 4.15. The van der Waals surface area contributed by atoms with Gasteiger partial charge in [-0.1, -0.05) is 12.2 Å². The van der Waals surface area contributed by atoms with Crippen LogP contribution in [-0.4, -0.2) is 25.7 Å². The first-order chi connectivity index (χ1) is 5.86. The molecule has 2 aliphatic carbocycles. The highest BCUT2D eigenvalue weighted by molar-refractivity contribution is 5.28. The summed E-state index contributed by atoms with van der Waals surface area (Å²) >= 11 is 0. The molecule has 0 radical (unpaired) electrons. The Hall–Kier alpha value is -0.340. The van der Waals surface area contributed by atoms with Crippen molar-refractivity contribution in [3.8, 4) is 0 Å². The van der Waals surface area contributed by atoms with Crippen LogP contribution >= 0.6 is 0 Å². The standard InChI is InChI=1S/C10H16N2/c1-11-10-3-2-7(4-10)8-5-12-6-9(8)10/h2-3,7-9,11-12H,4-6H2,1H3. The number of fused-ring (bicyclic) bond motifs is 5. The highest BCUT2D eigenvalue weighted by Gasteiger charge is 2.55. The van der Waals surface area contributed by atoms with E-state index in [4.69, 9.17) is 0 Å². The maximum Gasteiger partial charge on any atom is 0.0411 e. The molecule has 66 valence electrons. The summed E-state index contributed by atoms with van der Waals surface area (Å²) in [7, 11) is 2.10. The zero-order valence-electron chi connectivity index (χ0n) is 7.51. The van der Waals surface area contributed by atoms with Crippen LogP contribution in [0.2, 0.25) is 0 Å². The van der Waals surface area contributed by atoms with Gasteiger partial charge in [0, 0.05) is 12.1 Å². The van der Waals surface area contributed by atoms with Gasteiger partial charge in [0.25, 0.3) is 0 Å². The summed E-state index contributed by atoms with van der Waals surface area (Å²) in [4.78, 5) is 0. The number of hydrogen-bond donors (Lipinski definition) is 2. The third-order valence-electron chi connectivity index (χ3n) is 4.15. The van der Waals surface area contributed by atoms with Crippen molar-refractivity contribution in [3.63, 3.8) is 0 Å². The lowest BCUT2D eigenvalue weighted by Crippen LogP contribution is -2.46. The predicted molar refractivity (Wildman–Crippen MR) is 48.9 cm³/mol. The van der Waals surface area contributed by atoms with Crippen LogP contribution in [0, 0.1) is 17.8 Å². The molecule has 0 aromatic rings. The van der Waals surface area contributed by atoms with Gasteiger partial charge in [-0.25, -0.2) is 0 Å². The summed E-state index contributed by atoms with van der Waals surface area (Å²) in [6, 6.07) is 0. The molecule has 2 fully saturated rings. The maximum absolute atomic E-state index is 3.51.